The number of aryl methyl sites for hydroxylation is 2. The molecule has 2 aromatic heterocycles. The molecule has 296 valence electrons. The zero-order valence-corrected chi connectivity index (χ0v) is 32.7. The van der Waals surface area contributed by atoms with E-state index in [1.165, 1.54) is 12.0 Å². The summed E-state index contributed by atoms with van der Waals surface area (Å²) in [6.07, 6.45) is -6.23. The number of nitriles is 1. The minimum Gasteiger partial charge on any atom is -0.453 e. The van der Waals surface area contributed by atoms with Crippen molar-refractivity contribution in [2.75, 3.05) is 13.7 Å². The lowest BCUT2D eigenvalue weighted by atomic mass is 9.79. The van der Waals surface area contributed by atoms with Crippen molar-refractivity contribution < 1.29 is 41.4 Å². The van der Waals surface area contributed by atoms with Gasteiger partial charge in [-0.3, -0.25) is 9.64 Å². The van der Waals surface area contributed by atoms with Crippen molar-refractivity contribution in [3.63, 3.8) is 0 Å². The van der Waals surface area contributed by atoms with Crippen molar-refractivity contribution in [2.24, 2.45) is 11.8 Å². The second-order valence-corrected chi connectivity index (χ2v) is 17.0. The van der Waals surface area contributed by atoms with Crippen molar-refractivity contribution in [1.82, 2.24) is 19.4 Å². The molecule has 0 spiro atoms. The van der Waals surface area contributed by atoms with Gasteiger partial charge in [-0.05, 0) is 77.1 Å². The van der Waals surface area contributed by atoms with E-state index in [2.05, 4.69) is 10.8 Å². The van der Waals surface area contributed by atoms with Crippen LogP contribution >= 0.6 is 23.2 Å². The molecule has 2 aromatic carbocycles. The number of piperidine rings is 1. The number of pyridine rings is 1. The zero-order chi connectivity index (χ0) is 40.2. The predicted molar refractivity (Wildman–Crippen MR) is 200 cm³/mol. The van der Waals surface area contributed by atoms with Gasteiger partial charge in [0.2, 0.25) is 0 Å². The maximum Gasteiger partial charge on any atom is 0.522 e. The third-order valence-corrected chi connectivity index (χ3v) is 12.6. The number of methoxy groups -OCH3 is 1. The molecule has 10 nitrogen and oxygen atoms in total. The SMILES string of the molecule is COC(=O)N1[C@@H]2C[C@@H]([C@@H](OC(F)(F)F)C2)[C@@H]1c1cc2c(C)nc3c(F)c(-c4cccc(Cl)c4Cl)c(CCC#N)cc3c2n1[C@H]1[C@@H]2C[C@H]1N(C(=O)OC(C)(C)C)C2. The van der Waals surface area contributed by atoms with Crippen LogP contribution in [0.2, 0.25) is 10.0 Å². The number of benzene rings is 2. The third kappa shape index (κ3) is 6.21. The third-order valence-electron chi connectivity index (χ3n) is 11.8. The van der Waals surface area contributed by atoms with Crippen LogP contribution in [0.15, 0.2) is 30.3 Å². The van der Waals surface area contributed by atoms with Gasteiger partial charge in [0.05, 0.1) is 53.0 Å². The average molecular weight is 817 g/mol. The lowest BCUT2D eigenvalue weighted by Gasteiger charge is -2.43. The number of alkyl halides is 3. The van der Waals surface area contributed by atoms with E-state index in [1.54, 1.807) is 56.9 Å². The molecule has 16 heteroatoms. The number of likely N-dealkylation sites (tertiary alicyclic amines) is 1. The van der Waals surface area contributed by atoms with E-state index >= 15 is 4.39 Å². The fraction of sp³-hybridized carbons (Fsp3) is 0.500. The minimum absolute atomic E-state index is 0.0133. The van der Waals surface area contributed by atoms with Crippen LogP contribution in [-0.2, 0) is 20.6 Å². The number of amides is 2. The summed E-state index contributed by atoms with van der Waals surface area (Å²) in [5.74, 6) is -1.53. The molecule has 5 aliphatic rings. The number of carbonyl (C=O) groups excluding carboxylic acids is 2. The summed E-state index contributed by atoms with van der Waals surface area (Å²) in [5, 5.41) is 11.0. The zero-order valence-electron chi connectivity index (χ0n) is 31.2. The summed E-state index contributed by atoms with van der Waals surface area (Å²) >= 11 is 13.0. The van der Waals surface area contributed by atoms with Crippen LogP contribution in [0.1, 0.15) is 75.5 Å². The van der Waals surface area contributed by atoms with Gasteiger partial charge in [0.1, 0.15) is 11.1 Å². The van der Waals surface area contributed by atoms with Crippen LogP contribution in [-0.4, -0.2) is 75.3 Å². The Bertz CT molecular complexity index is 2340. The van der Waals surface area contributed by atoms with E-state index in [9.17, 15) is 28.0 Å². The molecule has 2 amide bonds. The van der Waals surface area contributed by atoms with Gasteiger partial charge < -0.3 is 18.9 Å². The number of fused-ring (bicyclic) bond motifs is 6. The number of nitrogens with zero attached hydrogens (tertiary/aromatic N) is 5. The minimum atomic E-state index is -4.90. The Hall–Kier alpha value is -4.32. The Labute approximate surface area is 330 Å². The van der Waals surface area contributed by atoms with E-state index in [-0.39, 0.29) is 58.8 Å². The summed E-state index contributed by atoms with van der Waals surface area (Å²) in [6, 6.07) is 8.36. The molecule has 5 fully saturated rings. The summed E-state index contributed by atoms with van der Waals surface area (Å²) in [7, 11) is 1.23. The van der Waals surface area contributed by atoms with E-state index < -0.39 is 60.1 Å². The maximum atomic E-state index is 17.3. The molecule has 4 aromatic rings. The van der Waals surface area contributed by atoms with Crippen LogP contribution in [0, 0.1) is 35.9 Å². The molecule has 56 heavy (non-hydrogen) atoms. The Kier molecular flexibility index (Phi) is 9.41. The van der Waals surface area contributed by atoms with Crippen LogP contribution in [0.25, 0.3) is 32.9 Å². The van der Waals surface area contributed by atoms with Gasteiger partial charge in [-0.2, -0.15) is 5.26 Å². The van der Waals surface area contributed by atoms with Crippen molar-refractivity contribution in [3.8, 4) is 17.2 Å². The molecule has 0 radical (unpaired) electrons. The number of ether oxygens (including phenoxy) is 3. The van der Waals surface area contributed by atoms with Gasteiger partial charge in [0.15, 0.2) is 5.82 Å². The highest BCUT2D eigenvalue weighted by molar-refractivity contribution is 6.43. The average Bonchev–Trinajstić information content (AvgIpc) is 3.93. The van der Waals surface area contributed by atoms with Crippen LogP contribution in [0.5, 0.6) is 0 Å². The molecule has 2 saturated carbocycles. The number of rotatable bonds is 6. The molecule has 9 rings (SSSR count). The Morgan fingerprint density at radius 1 is 1.07 bits per heavy atom. The predicted octanol–water partition coefficient (Wildman–Crippen LogP) is 10.1. The molecule has 4 bridgehead atoms. The highest BCUT2D eigenvalue weighted by atomic mass is 35.5. The topological polar surface area (TPSA) is 110 Å². The second-order valence-electron chi connectivity index (χ2n) is 16.2. The lowest BCUT2D eigenvalue weighted by molar-refractivity contribution is -0.349. The smallest absolute Gasteiger partial charge is 0.453 e. The standard InChI is InChI=1S/C40H39Cl2F4N5O5/c1-18-23-16-28(36-24-14-21(50(36)38(53)54-5)15-29(24)55-40(44,45)46)51(34-20-13-27(34)49(17-20)37(52)56-39(2,3)4)35(23)25-12-19(8-7-11-47)30(32(43)33(25)48-18)22-9-6-10-26(41)31(22)42/h6,9-10,12,16,20-21,24,27,29,34,36H,7-8,13-15,17H2,1-5H3/t20-,21-,24+,27-,29+,34+,36-/m1/s1. The van der Waals surface area contributed by atoms with Crippen molar-refractivity contribution in [2.45, 2.75) is 102 Å². The first kappa shape index (κ1) is 38.5. The molecule has 5 heterocycles. The Morgan fingerprint density at radius 2 is 1.82 bits per heavy atom. The number of hydrogen-bond donors (Lipinski definition) is 0. The molecule has 3 saturated heterocycles. The van der Waals surface area contributed by atoms with Gasteiger partial charge in [0.25, 0.3) is 0 Å². The van der Waals surface area contributed by atoms with Crippen LogP contribution < -0.4 is 0 Å². The summed E-state index contributed by atoms with van der Waals surface area (Å²) in [4.78, 5) is 35.0. The largest absolute Gasteiger partial charge is 0.522 e. The van der Waals surface area contributed by atoms with Crippen LogP contribution in [0.3, 0.4) is 0 Å². The summed E-state index contributed by atoms with van der Waals surface area (Å²) < 4.78 is 76.4. The maximum absolute atomic E-state index is 17.3. The first-order valence-electron chi connectivity index (χ1n) is 18.5. The number of aromatic nitrogens is 2. The van der Waals surface area contributed by atoms with Gasteiger partial charge in [0, 0.05) is 64.1 Å². The first-order valence-corrected chi connectivity index (χ1v) is 19.3. The highest BCUT2D eigenvalue weighted by Crippen LogP contribution is 2.58. The Morgan fingerprint density at radius 3 is 2.50 bits per heavy atom. The van der Waals surface area contributed by atoms with Gasteiger partial charge in [-0.15, -0.1) is 13.2 Å². The molecule has 3 aliphatic heterocycles. The van der Waals surface area contributed by atoms with E-state index in [0.717, 1.165) is 0 Å². The second kappa shape index (κ2) is 13.7. The van der Waals surface area contributed by atoms with E-state index in [1.807, 2.05) is 10.6 Å². The van der Waals surface area contributed by atoms with E-state index in [0.29, 0.717) is 51.8 Å². The molecular formula is C40H39Cl2F4N5O5. The molecule has 0 unspecified atom stereocenters. The fourth-order valence-electron chi connectivity index (χ4n) is 9.77. The van der Waals surface area contributed by atoms with Gasteiger partial charge in [-0.1, -0.05) is 35.3 Å². The summed E-state index contributed by atoms with van der Waals surface area (Å²) in [6.45, 7) is 7.42. The molecule has 0 N–H and O–H groups in total. The molecule has 2 aliphatic carbocycles. The lowest BCUT2D eigenvalue weighted by Crippen LogP contribution is -2.48. The normalized spacial score (nSPS) is 25.6. The van der Waals surface area contributed by atoms with Gasteiger partial charge in [-0.25, -0.2) is 19.0 Å². The first-order chi connectivity index (χ1) is 26.4. The number of carbonyl (C=O) groups is 2. The van der Waals surface area contributed by atoms with Crippen LogP contribution in [0.4, 0.5) is 27.2 Å². The quantitative estimate of drug-likeness (QED) is 0.178. The fourth-order valence-corrected chi connectivity index (χ4v) is 10.2. The highest BCUT2D eigenvalue weighted by Gasteiger charge is 2.60. The monoisotopic (exact) mass is 815 g/mol. The van der Waals surface area contributed by atoms with Crippen molar-refractivity contribution in [3.05, 3.63) is 63.1 Å². The van der Waals surface area contributed by atoms with E-state index in [4.69, 9.17) is 37.7 Å². The van der Waals surface area contributed by atoms with Gasteiger partial charge >= 0.3 is 18.5 Å². The summed E-state index contributed by atoms with van der Waals surface area (Å²) in [5.41, 5.74) is 1.71. The number of halogens is 6. The molecule has 7 atom stereocenters. The number of hydrogen-bond acceptors (Lipinski definition) is 7. The van der Waals surface area contributed by atoms with Crippen molar-refractivity contribution in [1.29, 1.82) is 5.26 Å². The Balaban J connectivity index is 1.40. The van der Waals surface area contributed by atoms with Crippen molar-refractivity contribution >= 4 is 57.2 Å². The molecular weight excluding hydrogens is 777 g/mol.